The molecule has 0 heterocycles. The third-order valence-corrected chi connectivity index (χ3v) is 4.05. The lowest BCUT2D eigenvalue weighted by atomic mass is 10.1. The summed E-state index contributed by atoms with van der Waals surface area (Å²) in [5, 5.41) is 2.85. The van der Waals surface area contributed by atoms with E-state index in [4.69, 9.17) is 0 Å². The van der Waals surface area contributed by atoms with Crippen molar-refractivity contribution in [3.63, 3.8) is 0 Å². The predicted octanol–water partition coefficient (Wildman–Crippen LogP) is 3.84. The summed E-state index contributed by atoms with van der Waals surface area (Å²) in [6, 6.07) is 12.7. The second kappa shape index (κ2) is 6.83. The second-order valence-corrected chi connectivity index (χ2v) is 5.87. The molecule has 2 aromatic rings. The van der Waals surface area contributed by atoms with Crippen LogP contribution in [-0.4, -0.2) is 18.4 Å². The van der Waals surface area contributed by atoms with Crippen molar-refractivity contribution in [1.29, 1.82) is 0 Å². The standard InChI is InChI=1S/C19H19FN2O2/c1-2-22(17-11-7-15(20)8-12-17)19(24)14-5-9-16(10-6-14)21-18(23)13-3-4-13/h5-13H,2-4H2,1H3,(H,21,23). The van der Waals surface area contributed by atoms with Gasteiger partial charge in [0.25, 0.3) is 5.91 Å². The van der Waals surface area contributed by atoms with Gasteiger partial charge in [-0.25, -0.2) is 4.39 Å². The molecule has 24 heavy (non-hydrogen) atoms. The Bertz CT molecular complexity index is 737. The summed E-state index contributed by atoms with van der Waals surface area (Å²) in [7, 11) is 0. The Kier molecular flexibility index (Phi) is 4.60. The molecule has 1 aliphatic carbocycles. The number of benzene rings is 2. The van der Waals surface area contributed by atoms with Crippen molar-refractivity contribution >= 4 is 23.2 Å². The van der Waals surface area contributed by atoms with Crippen molar-refractivity contribution in [3.8, 4) is 0 Å². The smallest absolute Gasteiger partial charge is 0.258 e. The van der Waals surface area contributed by atoms with Crippen LogP contribution in [0.25, 0.3) is 0 Å². The van der Waals surface area contributed by atoms with Crippen LogP contribution in [0.4, 0.5) is 15.8 Å². The van der Waals surface area contributed by atoms with Gasteiger partial charge in [0.2, 0.25) is 5.91 Å². The molecule has 2 amide bonds. The summed E-state index contributed by atoms with van der Waals surface area (Å²) in [4.78, 5) is 26.0. The van der Waals surface area contributed by atoms with Gasteiger partial charge in [0, 0.05) is 29.4 Å². The van der Waals surface area contributed by atoms with Crippen LogP contribution in [0.1, 0.15) is 30.1 Å². The fraction of sp³-hybridized carbons (Fsp3) is 0.263. The molecule has 0 saturated heterocycles. The van der Waals surface area contributed by atoms with E-state index in [2.05, 4.69) is 5.32 Å². The van der Waals surface area contributed by atoms with Crippen LogP contribution in [0.3, 0.4) is 0 Å². The van der Waals surface area contributed by atoms with Crippen molar-refractivity contribution in [2.75, 3.05) is 16.8 Å². The van der Waals surface area contributed by atoms with Crippen LogP contribution in [-0.2, 0) is 4.79 Å². The molecule has 2 aromatic carbocycles. The minimum atomic E-state index is -0.335. The predicted molar refractivity (Wildman–Crippen MR) is 91.5 cm³/mol. The van der Waals surface area contributed by atoms with E-state index in [1.54, 1.807) is 41.3 Å². The van der Waals surface area contributed by atoms with Gasteiger partial charge in [0.05, 0.1) is 0 Å². The molecule has 0 aliphatic heterocycles. The molecule has 0 unspecified atom stereocenters. The highest BCUT2D eigenvalue weighted by atomic mass is 19.1. The Labute approximate surface area is 140 Å². The Morgan fingerprint density at radius 3 is 2.25 bits per heavy atom. The minimum absolute atomic E-state index is 0.0376. The number of hydrogen-bond acceptors (Lipinski definition) is 2. The average molecular weight is 326 g/mol. The number of rotatable bonds is 5. The molecule has 0 spiro atoms. The monoisotopic (exact) mass is 326 g/mol. The van der Waals surface area contributed by atoms with Gasteiger partial charge in [-0.05, 0) is 68.3 Å². The van der Waals surface area contributed by atoms with Crippen LogP contribution in [0.5, 0.6) is 0 Å². The van der Waals surface area contributed by atoms with Crippen LogP contribution >= 0.6 is 0 Å². The lowest BCUT2D eigenvalue weighted by Gasteiger charge is -2.21. The van der Waals surface area contributed by atoms with E-state index >= 15 is 0 Å². The molecular weight excluding hydrogens is 307 g/mol. The zero-order valence-electron chi connectivity index (χ0n) is 13.5. The van der Waals surface area contributed by atoms with E-state index < -0.39 is 0 Å². The fourth-order valence-electron chi connectivity index (χ4n) is 2.51. The van der Waals surface area contributed by atoms with E-state index in [9.17, 15) is 14.0 Å². The normalized spacial score (nSPS) is 13.4. The SMILES string of the molecule is CCN(C(=O)c1ccc(NC(=O)C2CC2)cc1)c1ccc(F)cc1. The molecule has 1 N–H and O–H groups in total. The Morgan fingerprint density at radius 2 is 1.71 bits per heavy atom. The first-order valence-corrected chi connectivity index (χ1v) is 8.07. The third kappa shape index (κ3) is 3.62. The average Bonchev–Trinajstić information content (AvgIpc) is 3.43. The van der Waals surface area contributed by atoms with Crippen molar-refractivity contribution in [1.82, 2.24) is 0 Å². The van der Waals surface area contributed by atoms with Gasteiger partial charge in [-0.15, -0.1) is 0 Å². The van der Waals surface area contributed by atoms with Gasteiger partial charge >= 0.3 is 0 Å². The van der Waals surface area contributed by atoms with Crippen molar-refractivity contribution in [2.24, 2.45) is 5.92 Å². The molecule has 4 nitrogen and oxygen atoms in total. The summed E-state index contributed by atoms with van der Waals surface area (Å²) in [6.07, 6.45) is 1.90. The number of anilines is 2. The van der Waals surface area contributed by atoms with Crippen LogP contribution < -0.4 is 10.2 Å². The lowest BCUT2D eigenvalue weighted by molar-refractivity contribution is -0.117. The molecule has 1 fully saturated rings. The highest BCUT2D eigenvalue weighted by molar-refractivity contribution is 6.06. The first kappa shape index (κ1) is 16.2. The molecule has 1 aliphatic rings. The highest BCUT2D eigenvalue weighted by Crippen LogP contribution is 2.30. The zero-order chi connectivity index (χ0) is 17.1. The molecular formula is C19H19FN2O2. The molecule has 3 rings (SSSR count). The van der Waals surface area contributed by atoms with E-state index in [0.717, 1.165) is 12.8 Å². The molecule has 124 valence electrons. The second-order valence-electron chi connectivity index (χ2n) is 5.87. The summed E-state index contributed by atoms with van der Waals surface area (Å²) < 4.78 is 13.0. The van der Waals surface area contributed by atoms with Gasteiger partial charge < -0.3 is 10.2 Å². The summed E-state index contributed by atoms with van der Waals surface area (Å²) in [5.74, 6) is -0.321. The number of nitrogens with zero attached hydrogens (tertiary/aromatic N) is 1. The molecule has 0 atom stereocenters. The molecule has 5 heteroatoms. The van der Waals surface area contributed by atoms with Crippen LogP contribution in [0.15, 0.2) is 48.5 Å². The Hall–Kier alpha value is -2.69. The molecule has 0 aromatic heterocycles. The number of carbonyl (C=O) groups excluding carboxylic acids is 2. The fourth-order valence-corrected chi connectivity index (χ4v) is 2.51. The molecule has 0 radical (unpaired) electrons. The number of hydrogen-bond donors (Lipinski definition) is 1. The first-order valence-electron chi connectivity index (χ1n) is 8.07. The van der Waals surface area contributed by atoms with Gasteiger partial charge in [-0.2, -0.15) is 0 Å². The number of nitrogens with one attached hydrogen (secondary N) is 1. The Morgan fingerprint density at radius 1 is 1.08 bits per heavy atom. The van der Waals surface area contributed by atoms with Crippen molar-refractivity contribution in [3.05, 3.63) is 59.9 Å². The van der Waals surface area contributed by atoms with Crippen molar-refractivity contribution < 1.29 is 14.0 Å². The number of halogens is 1. The van der Waals surface area contributed by atoms with E-state index in [1.807, 2.05) is 6.92 Å². The minimum Gasteiger partial charge on any atom is -0.326 e. The van der Waals surface area contributed by atoms with Gasteiger partial charge in [-0.3, -0.25) is 9.59 Å². The third-order valence-electron chi connectivity index (χ3n) is 4.05. The molecule has 0 bridgehead atoms. The summed E-state index contributed by atoms with van der Waals surface area (Å²) in [6.45, 7) is 2.34. The lowest BCUT2D eigenvalue weighted by Crippen LogP contribution is -2.30. The highest BCUT2D eigenvalue weighted by Gasteiger charge is 2.29. The number of amides is 2. The maximum Gasteiger partial charge on any atom is 0.258 e. The maximum absolute atomic E-state index is 13.0. The molecule has 1 saturated carbocycles. The first-order chi connectivity index (χ1) is 11.6. The van der Waals surface area contributed by atoms with Gasteiger partial charge in [-0.1, -0.05) is 0 Å². The zero-order valence-corrected chi connectivity index (χ0v) is 13.5. The number of carbonyl (C=O) groups is 2. The topological polar surface area (TPSA) is 49.4 Å². The van der Waals surface area contributed by atoms with Gasteiger partial charge in [0.15, 0.2) is 0 Å². The van der Waals surface area contributed by atoms with E-state index in [0.29, 0.717) is 23.5 Å². The van der Waals surface area contributed by atoms with Crippen molar-refractivity contribution in [2.45, 2.75) is 19.8 Å². The van der Waals surface area contributed by atoms with Crippen LogP contribution in [0.2, 0.25) is 0 Å². The largest absolute Gasteiger partial charge is 0.326 e. The maximum atomic E-state index is 13.0. The Balaban J connectivity index is 1.72. The summed E-state index contributed by atoms with van der Waals surface area (Å²) >= 11 is 0. The van der Waals surface area contributed by atoms with Gasteiger partial charge in [0.1, 0.15) is 5.82 Å². The van der Waals surface area contributed by atoms with E-state index in [-0.39, 0.29) is 23.5 Å². The van der Waals surface area contributed by atoms with Crippen LogP contribution in [0, 0.1) is 11.7 Å². The quantitative estimate of drug-likeness (QED) is 0.907. The van der Waals surface area contributed by atoms with E-state index in [1.165, 1.54) is 12.1 Å². The summed E-state index contributed by atoms with van der Waals surface area (Å²) in [5.41, 5.74) is 1.86.